The zero-order chi connectivity index (χ0) is 19.4. The number of amides is 2. The maximum Gasteiger partial charge on any atom is 0.255 e. The number of likely N-dealkylation sites (N-methyl/N-ethyl adjacent to an activating group) is 1. The summed E-state index contributed by atoms with van der Waals surface area (Å²) < 4.78 is 19.8. The topological polar surface area (TPSA) is 84.7 Å². The van der Waals surface area contributed by atoms with Gasteiger partial charge in [0.05, 0.1) is 5.56 Å². The molecule has 6 nitrogen and oxygen atoms in total. The van der Waals surface area contributed by atoms with Gasteiger partial charge in [-0.1, -0.05) is 12.1 Å². The summed E-state index contributed by atoms with van der Waals surface area (Å²) in [7, 11) is 1.67. The van der Waals surface area contributed by atoms with Crippen LogP contribution >= 0.6 is 12.4 Å². The largest absolute Gasteiger partial charge is 0.457 e. The third-order valence-electron chi connectivity index (χ3n) is 4.51. The van der Waals surface area contributed by atoms with E-state index in [4.69, 9.17) is 10.5 Å². The molecule has 8 heteroatoms. The Balaban J connectivity index is 0.00000280. The summed E-state index contributed by atoms with van der Waals surface area (Å²) in [4.78, 5) is 25.9. The molecule has 1 atom stereocenters. The number of likely N-dealkylation sites (tertiary alicyclic amines) is 1. The van der Waals surface area contributed by atoms with Crippen LogP contribution in [0.3, 0.4) is 0 Å². The molecule has 2 amide bonds. The van der Waals surface area contributed by atoms with Crippen LogP contribution in [-0.4, -0.2) is 42.9 Å². The SMILES string of the molecule is CN1CCC(NC(=O)c2cc(Oc3ccc(CCN)cc3)ccc2F)C1=O.Cl. The lowest BCUT2D eigenvalue weighted by atomic mass is 10.1. The molecule has 1 heterocycles. The molecule has 1 aliphatic rings. The fourth-order valence-corrected chi connectivity index (χ4v) is 2.96. The van der Waals surface area contributed by atoms with Crippen molar-refractivity contribution in [1.82, 2.24) is 10.2 Å². The number of ether oxygens (including phenoxy) is 1. The highest BCUT2D eigenvalue weighted by Gasteiger charge is 2.31. The van der Waals surface area contributed by atoms with Gasteiger partial charge in [0.25, 0.3) is 5.91 Å². The number of carbonyl (C=O) groups excluding carboxylic acids is 2. The van der Waals surface area contributed by atoms with Crippen molar-refractivity contribution in [2.75, 3.05) is 20.1 Å². The Kier molecular flexibility index (Phi) is 7.37. The van der Waals surface area contributed by atoms with E-state index in [1.54, 1.807) is 19.2 Å². The third kappa shape index (κ3) is 4.99. The molecule has 1 fully saturated rings. The highest BCUT2D eigenvalue weighted by molar-refractivity contribution is 5.98. The molecule has 3 rings (SSSR count). The molecule has 0 radical (unpaired) electrons. The number of nitrogens with zero attached hydrogens (tertiary/aromatic N) is 1. The molecule has 3 N–H and O–H groups in total. The second-order valence-corrected chi connectivity index (χ2v) is 6.50. The second-order valence-electron chi connectivity index (χ2n) is 6.50. The van der Waals surface area contributed by atoms with Crippen LogP contribution in [0.2, 0.25) is 0 Å². The van der Waals surface area contributed by atoms with E-state index in [-0.39, 0.29) is 23.9 Å². The standard InChI is InChI=1S/C20H22FN3O3.ClH/c1-24-11-9-18(20(24)26)23-19(25)16-12-15(6-7-17(16)21)27-14-4-2-13(3-5-14)8-10-22;/h2-7,12,18H,8-11,22H2,1H3,(H,23,25);1H. The number of halogens is 2. The van der Waals surface area contributed by atoms with Crippen LogP contribution in [0.4, 0.5) is 4.39 Å². The molecule has 0 spiro atoms. The Morgan fingerprint density at radius 2 is 1.93 bits per heavy atom. The van der Waals surface area contributed by atoms with Gasteiger partial charge in [-0.25, -0.2) is 4.39 Å². The van der Waals surface area contributed by atoms with E-state index in [9.17, 15) is 14.0 Å². The van der Waals surface area contributed by atoms with E-state index < -0.39 is 17.8 Å². The maximum absolute atomic E-state index is 14.1. The highest BCUT2D eigenvalue weighted by Crippen LogP contribution is 2.24. The lowest BCUT2D eigenvalue weighted by Crippen LogP contribution is -2.40. The average molecular weight is 408 g/mol. The molecule has 1 unspecified atom stereocenters. The Morgan fingerprint density at radius 3 is 2.54 bits per heavy atom. The summed E-state index contributed by atoms with van der Waals surface area (Å²) in [6.45, 7) is 1.13. The number of nitrogens with one attached hydrogen (secondary N) is 1. The lowest BCUT2D eigenvalue weighted by Gasteiger charge is -2.13. The van der Waals surface area contributed by atoms with Crippen molar-refractivity contribution in [2.45, 2.75) is 18.9 Å². The van der Waals surface area contributed by atoms with Crippen molar-refractivity contribution < 1.29 is 18.7 Å². The number of carbonyl (C=O) groups is 2. The van der Waals surface area contributed by atoms with Crippen molar-refractivity contribution in [3.8, 4) is 11.5 Å². The molecular formula is C20H23ClFN3O3. The monoisotopic (exact) mass is 407 g/mol. The molecule has 150 valence electrons. The van der Waals surface area contributed by atoms with E-state index >= 15 is 0 Å². The van der Waals surface area contributed by atoms with Crippen LogP contribution in [0.1, 0.15) is 22.3 Å². The molecule has 0 aromatic heterocycles. The Hall–Kier alpha value is -2.64. The fourth-order valence-electron chi connectivity index (χ4n) is 2.96. The van der Waals surface area contributed by atoms with E-state index in [2.05, 4.69) is 5.32 Å². The summed E-state index contributed by atoms with van der Waals surface area (Å²) in [5.41, 5.74) is 6.46. The van der Waals surface area contributed by atoms with Crippen LogP contribution in [0.25, 0.3) is 0 Å². The minimum atomic E-state index is -0.669. The number of benzene rings is 2. The summed E-state index contributed by atoms with van der Waals surface area (Å²) >= 11 is 0. The van der Waals surface area contributed by atoms with Crippen LogP contribution in [0.15, 0.2) is 42.5 Å². The first-order valence-corrected chi connectivity index (χ1v) is 8.80. The first-order chi connectivity index (χ1) is 13.0. The molecule has 2 aromatic rings. The summed E-state index contributed by atoms with van der Waals surface area (Å²) in [5.74, 6) is -0.570. The van der Waals surface area contributed by atoms with Gasteiger partial charge in [-0.2, -0.15) is 0 Å². The quantitative estimate of drug-likeness (QED) is 0.770. The fraction of sp³-hybridized carbons (Fsp3) is 0.300. The van der Waals surface area contributed by atoms with Crippen molar-refractivity contribution >= 4 is 24.2 Å². The van der Waals surface area contributed by atoms with Gasteiger partial charge in [0, 0.05) is 13.6 Å². The predicted octanol–water partition coefficient (Wildman–Crippen LogP) is 2.50. The van der Waals surface area contributed by atoms with Gasteiger partial charge in [0.1, 0.15) is 23.4 Å². The summed E-state index contributed by atoms with van der Waals surface area (Å²) in [6.07, 6.45) is 1.28. The molecule has 1 saturated heterocycles. The van der Waals surface area contributed by atoms with Crippen LogP contribution < -0.4 is 15.8 Å². The van der Waals surface area contributed by atoms with Crippen molar-refractivity contribution in [3.05, 3.63) is 59.4 Å². The maximum atomic E-state index is 14.1. The van der Waals surface area contributed by atoms with Gasteiger partial charge >= 0.3 is 0 Å². The van der Waals surface area contributed by atoms with Crippen LogP contribution in [0.5, 0.6) is 11.5 Å². The van der Waals surface area contributed by atoms with Crippen LogP contribution in [-0.2, 0) is 11.2 Å². The van der Waals surface area contributed by atoms with Crippen LogP contribution in [0, 0.1) is 5.82 Å². The molecule has 0 aliphatic carbocycles. The van der Waals surface area contributed by atoms with Crippen molar-refractivity contribution in [2.24, 2.45) is 5.73 Å². The highest BCUT2D eigenvalue weighted by atomic mass is 35.5. The number of nitrogens with two attached hydrogens (primary N) is 1. The van der Waals surface area contributed by atoms with Gasteiger partial charge in [0.2, 0.25) is 5.91 Å². The normalized spacial score (nSPS) is 15.9. The second kappa shape index (κ2) is 9.52. The average Bonchev–Trinajstić information content (AvgIpc) is 2.97. The molecular weight excluding hydrogens is 385 g/mol. The van der Waals surface area contributed by atoms with Crippen molar-refractivity contribution in [3.63, 3.8) is 0 Å². The Bertz CT molecular complexity index is 845. The molecule has 2 aromatic carbocycles. The lowest BCUT2D eigenvalue weighted by molar-refractivity contribution is -0.128. The number of rotatable bonds is 6. The first kappa shape index (κ1) is 21.7. The van der Waals surface area contributed by atoms with Gasteiger partial charge in [0.15, 0.2) is 0 Å². The van der Waals surface area contributed by atoms with Gasteiger partial charge in [-0.05, 0) is 55.3 Å². The summed E-state index contributed by atoms with van der Waals surface area (Å²) in [5, 5.41) is 2.59. The molecule has 0 bridgehead atoms. The smallest absolute Gasteiger partial charge is 0.255 e. The first-order valence-electron chi connectivity index (χ1n) is 8.80. The minimum Gasteiger partial charge on any atom is -0.457 e. The van der Waals surface area contributed by atoms with E-state index in [1.807, 2.05) is 12.1 Å². The van der Waals surface area contributed by atoms with Gasteiger partial charge in [-0.3, -0.25) is 9.59 Å². The van der Waals surface area contributed by atoms with Crippen molar-refractivity contribution in [1.29, 1.82) is 0 Å². The Labute approximate surface area is 169 Å². The van der Waals surface area contributed by atoms with E-state index in [0.717, 1.165) is 12.0 Å². The molecule has 28 heavy (non-hydrogen) atoms. The number of hydrogen-bond donors (Lipinski definition) is 2. The van der Waals surface area contributed by atoms with Gasteiger partial charge < -0.3 is 20.7 Å². The number of hydrogen-bond acceptors (Lipinski definition) is 4. The molecule has 1 aliphatic heterocycles. The minimum absolute atomic E-state index is 0. The predicted molar refractivity (Wildman–Crippen MR) is 106 cm³/mol. The summed E-state index contributed by atoms with van der Waals surface area (Å²) in [6, 6.07) is 10.7. The van der Waals surface area contributed by atoms with Gasteiger partial charge in [-0.15, -0.1) is 12.4 Å². The third-order valence-corrected chi connectivity index (χ3v) is 4.51. The van der Waals surface area contributed by atoms with E-state index in [1.165, 1.54) is 23.1 Å². The molecule has 0 saturated carbocycles. The zero-order valence-corrected chi connectivity index (χ0v) is 16.3. The Morgan fingerprint density at radius 1 is 1.25 bits per heavy atom. The van der Waals surface area contributed by atoms with E-state index in [0.29, 0.717) is 31.0 Å². The zero-order valence-electron chi connectivity index (χ0n) is 15.5.